The maximum atomic E-state index is 2.45. The summed E-state index contributed by atoms with van der Waals surface area (Å²) in [6, 6.07) is 62.4. The highest BCUT2D eigenvalue weighted by atomic mass is 14.2. The molecule has 0 saturated heterocycles. The monoisotopic (exact) mass is 556 g/mol. The maximum Gasteiger partial charge on any atom is -0.00199 e. The van der Waals surface area contributed by atoms with E-state index in [1.165, 1.54) is 87.2 Å². The summed E-state index contributed by atoms with van der Waals surface area (Å²) in [4.78, 5) is 0. The first-order valence-electron chi connectivity index (χ1n) is 15.3. The normalized spacial score (nSPS) is 11.6. The third kappa shape index (κ3) is 3.78. The summed E-state index contributed by atoms with van der Waals surface area (Å²) in [5.74, 6) is 0. The molecular weight excluding hydrogens is 528 g/mol. The van der Waals surface area contributed by atoms with Crippen LogP contribution in [-0.4, -0.2) is 0 Å². The quantitative estimate of drug-likeness (QED) is 0.150. The summed E-state index contributed by atoms with van der Waals surface area (Å²) in [5, 5.41) is 12.7. The minimum absolute atomic E-state index is 1.23. The first-order chi connectivity index (χ1) is 21.8. The van der Waals surface area contributed by atoms with E-state index in [1.54, 1.807) is 0 Å². The van der Waals surface area contributed by atoms with Crippen molar-refractivity contribution in [2.45, 2.75) is 0 Å². The largest absolute Gasteiger partial charge is 0.0622 e. The van der Waals surface area contributed by atoms with E-state index in [2.05, 4.69) is 170 Å². The molecule has 0 amide bonds. The molecule has 0 bridgehead atoms. The standard InChI is InChI=1S/C44H28/c1-2-13-30(14-3-1)40-27-32-26-25-31-16-5-7-19-34(31)41(32)28-42(40)44-38-22-10-8-20-36(38)43(37-21-9-11-23-39(37)44)35-24-12-17-29-15-4-6-18-33(29)35/h1-28H. The van der Waals surface area contributed by atoms with Gasteiger partial charge in [-0.3, -0.25) is 0 Å². The molecule has 0 spiro atoms. The van der Waals surface area contributed by atoms with Crippen molar-refractivity contribution < 1.29 is 0 Å². The Morgan fingerprint density at radius 3 is 1.36 bits per heavy atom. The maximum absolute atomic E-state index is 2.45. The molecule has 204 valence electrons. The molecule has 0 aliphatic rings. The van der Waals surface area contributed by atoms with Crippen molar-refractivity contribution in [3.63, 3.8) is 0 Å². The predicted molar refractivity (Wildman–Crippen MR) is 190 cm³/mol. The molecule has 0 unspecified atom stereocenters. The lowest BCUT2D eigenvalue weighted by molar-refractivity contribution is 1.63. The van der Waals surface area contributed by atoms with Crippen molar-refractivity contribution in [2.24, 2.45) is 0 Å². The zero-order valence-corrected chi connectivity index (χ0v) is 24.2. The Kier molecular flexibility index (Phi) is 5.61. The molecule has 0 heterocycles. The first-order valence-corrected chi connectivity index (χ1v) is 15.3. The zero-order chi connectivity index (χ0) is 29.0. The van der Waals surface area contributed by atoms with E-state index in [-0.39, 0.29) is 0 Å². The summed E-state index contributed by atoms with van der Waals surface area (Å²) in [7, 11) is 0. The molecule has 0 atom stereocenters. The van der Waals surface area contributed by atoms with Gasteiger partial charge in [0.05, 0.1) is 0 Å². The van der Waals surface area contributed by atoms with Crippen LogP contribution in [0.1, 0.15) is 0 Å². The Morgan fingerprint density at radius 1 is 0.227 bits per heavy atom. The van der Waals surface area contributed by atoms with Crippen LogP contribution in [0, 0.1) is 0 Å². The van der Waals surface area contributed by atoms with Gasteiger partial charge in [0.25, 0.3) is 0 Å². The van der Waals surface area contributed by atoms with Gasteiger partial charge in [-0.25, -0.2) is 0 Å². The average molecular weight is 557 g/mol. The van der Waals surface area contributed by atoms with Crippen LogP contribution in [0.15, 0.2) is 170 Å². The second-order valence-electron chi connectivity index (χ2n) is 11.6. The first kappa shape index (κ1) is 24.8. The Morgan fingerprint density at radius 2 is 0.705 bits per heavy atom. The smallest absolute Gasteiger partial charge is 0.00199 e. The number of benzene rings is 9. The van der Waals surface area contributed by atoms with Crippen molar-refractivity contribution in [3.05, 3.63) is 170 Å². The van der Waals surface area contributed by atoms with Gasteiger partial charge in [0, 0.05) is 0 Å². The van der Waals surface area contributed by atoms with Gasteiger partial charge in [-0.05, 0) is 99.4 Å². The van der Waals surface area contributed by atoms with Crippen LogP contribution >= 0.6 is 0 Å². The highest BCUT2D eigenvalue weighted by Crippen LogP contribution is 2.48. The number of hydrogen-bond acceptors (Lipinski definition) is 0. The SMILES string of the molecule is c1ccc(-c2cc3ccc4ccccc4c3cc2-c2c3ccccc3c(-c3cccc4ccccc34)c3ccccc23)cc1. The van der Waals surface area contributed by atoms with Crippen LogP contribution in [0.4, 0.5) is 0 Å². The molecule has 0 radical (unpaired) electrons. The van der Waals surface area contributed by atoms with Crippen LogP contribution < -0.4 is 0 Å². The summed E-state index contributed by atoms with van der Waals surface area (Å²) >= 11 is 0. The van der Waals surface area contributed by atoms with Gasteiger partial charge >= 0.3 is 0 Å². The summed E-state index contributed by atoms with van der Waals surface area (Å²) < 4.78 is 0. The van der Waals surface area contributed by atoms with Gasteiger partial charge < -0.3 is 0 Å². The van der Waals surface area contributed by atoms with Crippen LogP contribution in [-0.2, 0) is 0 Å². The van der Waals surface area contributed by atoms with Gasteiger partial charge in [0.15, 0.2) is 0 Å². The molecule has 0 saturated carbocycles. The topological polar surface area (TPSA) is 0 Å². The van der Waals surface area contributed by atoms with Gasteiger partial charge in [-0.15, -0.1) is 0 Å². The van der Waals surface area contributed by atoms with Crippen LogP contribution in [0.2, 0.25) is 0 Å². The molecule has 0 aromatic heterocycles. The average Bonchev–Trinajstić information content (AvgIpc) is 3.10. The lowest BCUT2D eigenvalue weighted by Crippen LogP contribution is -1.94. The Labute approximate surface area is 256 Å². The molecule has 9 rings (SSSR count). The molecule has 0 N–H and O–H groups in total. The summed E-state index contributed by atoms with van der Waals surface area (Å²) in [6.07, 6.45) is 0. The second kappa shape index (κ2) is 9.93. The summed E-state index contributed by atoms with van der Waals surface area (Å²) in [6.45, 7) is 0. The van der Waals surface area contributed by atoms with Crippen molar-refractivity contribution in [1.82, 2.24) is 0 Å². The Bertz CT molecular complexity index is 2470. The fourth-order valence-electron chi connectivity index (χ4n) is 7.27. The van der Waals surface area contributed by atoms with E-state index in [0.717, 1.165) is 0 Å². The molecule has 44 heavy (non-hydrogen) atoms. The van der Waals surface area contributed by atoms with Crippen molar-refractivity contribution in [3.8, 4) is 33.4 Å². The van der Waals surface area contributed by atoms with Crippen LogP contribution in [0.5, 0.6) is 0 Å². The van der Waals surface area contributed by atoms with Crippen LogP contribution in [0.3, 0.4) is 0 Å². The highest BCUT2D eigenvalue weighted by molar-refractivity contribution is 6.25. The molecule has 0 heteroatoms. The van der Waals surface area contributed by atoms with Crippen molar-refractivity contribution in [2.75, 3.05) is 0 Å². The molecule has 0 fully saturated rings. The molecule has 9 aromatic carbocycles. The van der Waals surface area contributed by atoms with Gasteiger partial charge in [-0.1, -0.05) is 158 Å². The van der Waals surface area contributed by atoms with E-state index in [1.807, 2.05) is 0 Å². The number of fused-ring (bicyclic) bond motifs is 6. The fraction of sp³-hybridized carbons (Fsp3) is 0. The number of rotatable bonds is 3. The predicted octanol–water partition coefficient (Wildman–Crippen LogP) is 12.5. The van der Waals surface area contributed by atoms with Crippen molar-refractivity contribution >= 4 is 53.9 Å². The molecular formula is C44H28. The molecule has 0 aliphatic heterocycles. The molecule has 0 nitrogen and oxygen atoms in total. The Balaban J connectivity index is 1.48. The van der Waals surface area contributed by atoms with Crippen LogP contribution in [0.25, 0.3) is 87.2 Å². The second-order valence-corrected chi connectivity index (χ2v) is 11.6. The van der Waals surface area contributed by atoms with Gasteiger partial charge in [0.2, 0.25) is 0 Å². The Hall–Kier alpha value is -5.72. The van der Waals surface area contributed by atoms with E-state index in [4.69, 9.17) is 0 Å². The van der Waals surface area contributed by atoms with Gasteiger partial charge in [-0.2, -0.15) is 0 Å². The van der Waals surface area contributed by atoms with Gasteiger partial charge in [0.1, 0.15) is 0 Å². The third-order valence-electron chi connectivity index (χ3n) is 9.23. The third-order valence-corrected chi connectivity index (χ3v) is 9.23. The zero-order valence-electron chi connectivity index (χ0n) is 24.2. The fourth-order valence-corrected chi connectivity index (χ4v) is 7.27. The van der Waals surface area contributed by atoms with Crippen molar-refractivity contribution in [1.29, 1.82) is 0 Å². The number of hydrogen-bond donors (Lipinski definition) is 0. The minimum Gasteiger partial charge on any atom is -0.0622 e. The highest BCUT2D eigenvalue weighted by Gasteiger charge is 2.20. The van der Waals surface area contributed by atoms with E-state index >= 15 is 0 Å². The van der Waals surface area contributed by atoms with E-state index in [9.17, 15) is 0 Å². The lowest BCUT2D eigenvalue weighted by atomic mass is 9.82. The summed E-state index contributed by atoms with van der Waals surface area (Å²) in [5.41, 5.74) is 7.59. The molecule has 9 aromatic rings. The minimum atomic E-state index is 1.23. The van der Waals surface area contributed by atoms with E-state index in [0.29, 0.717) is 0 Å². The van der Waals surface area contributed by atoms with E-state index < -0.39 is 0 Å². The molecule has 0 aliphatic carbocycles. The lowest BCUT2D eigenvalue weighted by Gasteiger charge is -2.21.